The third kappa shape index (κ3) is 5.94. The van der Waals surface area contributed by atoms with Gasteiger partial charge in [0.25, 0.3) is 11.6 Å². The van der Waals surface area contributed by atoms with E-state index < -0.39 is 22.6 Å². The van der Waals surface area contributed by atoms with Gasteiger partial charge in [-0.25, -0.2) is 4.79 Å². The van der Waals surface area contributed by atoms with Crippen molar-refractivity contribution in [2.45, 2.75) is 0 Å². The zero-order chi connectivity index (χ0) is 19.8. The van der Waals surface area contributed by atoms with Gasteiger partial charge in [-0.05, 0) is 30.3 Å². The van der Waals surface area contributed by atoms with Crippen molar-refractivity contribution in [3.63, 3.8) is 0 Å². The molecule has 0 unspecified atom stereocenters. The van der Waals surface area contributed by atoms with E-state index in [1.54, 1.807) is 18.2 Å². The molecule has 10 heteroatoms. The average molecular weight is 394 g/mol. The van der Waals surface area contributed by atoms with Crippen LogP contribution in [0.2, 0.25) is 5.02 Å². The third-order valence-corrected chi connectivity index (χ3v) is 3.52. The number of methoxy groups -OCH3 is 1. The van der Waals surface area contributed by atoms with Gasteiger partial charge < -0.3 is 14.8 Å². The Morgan fingerprint density at radius 1 is 1.11 bits per heavy atom. The van der Waals surface area contributed by atoms with E-state index in [0.29, 0.717) is 11.4 Å². The first-order valence-electron chi connectivity index (χ1n) is 7.69. The van der Waals surface area contributed by atoms with Crippen LogP contribution in [-0.2, 0) is 9.47 Å². The van der Waals surface area contributed by atoms with Gasteiger partial charge in [0.05, 0.1) is 11.5 Å². The van der Waals surface area contributed by atoms with Crippen molar-refractivity contribution in [2.24, 2.45) is 0 Å². The summed E-state index contributed by atoms with van der Waals surface area (Å²) in [6.07, 6.45) is -0.677. The number of hydrogen-bond acceptors (Lipinski definition) is 6. The van der Waals surface area contributed by atoms with Crippen LogP contribution in [0.3, 0.4) is 0 Å². The first-order chi connectivity index (χ1) is 12.9. The minimum atomic E-state index is -0.686. The molecule has 0 aliphatic heterocycles. The van der Waals surface area contributed by atoms with E-state index in [4.69, 9.17) is 21.1 Å². The van der Waals surface area contributed by atoms with Crippen molar-refractivity contribution in [3.8, 4) is 0 Å². The van der Waals surface area contributed by atoms with Gasteiger partial charge in [-0.15, -0.1) is 0 Å². The summed E-state index contributed by atoms with van der Waals surface area (Å²) in [5.41, 5.74) is 0.164. The largest absolute Gasteiger partial charge is 0.447 e. The maximum absolute atomic E-state index is 12.4. The molecule has 27 heavy (non-hydrogen) atoms. The first-order valence-corrected chi connectivity index (χ1v) is 8.06. The molecule has 0 fully saturated rings. The van der Waals surface area contributed by atoms with Crippen molar-refractivity contribution < 1.29 is 24.0 Å². The number of carbonyl (C=O) groups excluding carboxylic acids is 2. The minimum Gasteiger partial charge on any atom is -0.447 e. The molecule has 2 aromatic rings. The maximum Gasteiger partial charge on any atom is 0.411 e. The highest BCUT2D eigenvalue weighted by Gasteiger charge is 2.20. The molecule has 0 atom stereocenters. The van der Waals surface area contributed by atoms with Crippen molar-refractivity contribution in [3.05, 3.63) is 63.2 Å². The van der Waals surface area contributed by atoms with E-state index in [9.17, 15) is 19.7 Å². The predicted molar refractivity (Wildman–Crippen MR) is 99.3 cm³/mol. The van der Waals surface area contributed by atoms with Crippen molar-refractivity contribution >= 4 is 40.7 Å². The van der Waals surface area contributed by atoms with Gasteiger partial charge in [-0.3, -0.25) is 20.2 Å². The molecular formula is C17H16ClN3O6. The highest BCUT2D eigenvalue weighted by Crippen LogP contribution is 2.24. The van der Waals surface area contributed by atoms with E-state index >= 15 is 0 Å². The molecule has 2 N–H and O–H groups in total. The predicted octanol–water partition coefficient (Wildman–Crippen LogP) is 3.70. The molecule has 2 rings (SSSR count). The van der Waals surface area contributed by atoms with E-state index in [-0.39, 0.29) is 23.8 Å². The molecule has 2 aromatic carbocycles. The zero-order valence-electron chi connectivity index (χ0n) is 14.2. The number of nitrogens with zero attached hydrogens (tertiary/aromatic N) is 1. The summed E-state index contributed by atoms with van der Waals surface area (Å²) in [4.78, 5) is 34.4. The summed E-state index contributed by atoms with van der Waals surface area (Å²) in [5, 5.41) is 16.3. The Balaban J connectivity index is 2.09. The molecule has 0 bridgehead atoms. The molecule has 0 spiro atoms. The molecule has 0 aliphatic carbocycles. The number of amides is 2. The second-order valence-corrected chi connectivity index (χ2v) is 5.64. The molecule has 0 saturated carbocycles. The highest BCUT2D eigenvalue weighted by atomic mass is 35.5. The van der Waals surface area contributed by atoms with E-state index in [1.807, 2.05) is 0 Å². The monoisotopic (exact) mass is 393 g/mol. The molecule has 0 radical (unpaired) electrons. The average Bonchev–Trinajstić information content (AvgIpc) is 2.62. The fourth-order valence-electron chi connectivity index (χ4n) is 2.09. The Kier molecular flexibility index (Phi) is 7.09. The van der Waals surface area contributed by atoms with Crippen molar-refractivity contribution in [2.75, 3.05) is 31.0 Å². The van der Waals surface area contributed by atoms with Crippen LogP contribution in [-0.4, -0.2) is 37.2 Å². The summed E-state index contributed by atoms with van der Waals surface area (Å²) in [7, 11) is 1.48. The summed E-state index contributed by atoms with van der Waals surface area (Å²) in [6.45, 7) is 0.363. The smallest absolute Gasteiger partial charge is 0.411 e. The Morgan fingerprint density at radius 2 is 1.81 bits per heavy atom. The number of rotatable bonds is 7. The molecule has 0 aliphatic rings. The quantitative estimate of drug-likeness (QED) is 0.420. The lowest BCUT2D eigenvalue weighted by molar-refractivity contribution is -0.385. The Morgan fingerprint density at radius 3 is 2.48 bits per heavy atom. The lowest BCUT2D eigenvalue weighted by atomic mass is 10.1. The number of nitrogens with one attached hydrogen (secondary N) is 2. The van der Waals surface area contributed by atoms with Gasteiger partial charge in [0.1, 0.15) is 12.2 Å². The molecule has 0 heterocycles. The van der Waals surface area contributed by atoms with E-state index in [2.05, 4.69) is 10.6 Å². The van der Waals surface area contributed by atoms with Crippen LogP contribution >= 0.6 is 11.6 Å². The molecule has 9 nitrogen and oxygen atoms in total. The lowest BCUT2D eigenvalue weighted by Crippen LogP contribution is -2.17. The number of nitro benzene ring substituents is 1. The number of anilines is 2. The van der Waals surface area contributed by atoms with Crippen molar-refractivity contribution in [1.29, 1.82) is 0 Å². The summed E-state index contributed by atoms with van der Waals surface area (Å²) in [5.74, 6) is -0.682. The number of hydrogen-bond donors (Lipinski definition) is 2. The third-order valence-electron chi connectivity index (χ3n) is 3.29. The van der Waals surface area contributed by atoms with Crippen molar-refractivity contribution in [1.82, 2.24) is 0 Å². The van der Waals surface area contributed by atoms with Crippen LogP contribution in [0.4, 0.5) is 21.9 Å². The van der Waals surface area contributed by atoms with Crippen LogP contribution < -0.4 is 10.6 Å². The topological polar surface area (TPSA) is 120 Å². The number of halogens is 1. The number of carbonyl (C=O) groups is 2. The van der Waals surface area contributed by atoms with Gasteiger partial charge in [0, 0.05) is 29.6 Å². The molecule has 2 amide bonds. The van der Waals surface area contributed by atoms with Crippen LogP contribution in [0.15, 0.2) is 42.5 Å². The second-order valence-electron chi connectivity index (χ2n) is 5.21. The number of nitro groups is 1. The van der Waals surface area contributed by atoms with Gasteiger partial charge in [-0.1, -0.05) is 17.7 Å². The standard InChI is InChI=1S/C17H16ClN3O6/c1-26-7-8-27-17(23)20-13-4-2-3-12(10-13)19-16(22)14-6-5-11(18)9-15(14)21(24)25/h2-6,9-10H,7-8H2,1H3,(H,19,22)(H,20,23). The molecule has 0 aromatic heterocycles. The summed E-state index contributed by atoms with van der Waals surface area (Å²) < 4.78 is 9.65. The van der Waals surface area contributed by atoms with Crippen LogP contribution in [0, 0.1) is 10.1 Å². The number of benzene rings is 2. The van der Waals surface area contributed by atoms with Crippen LogP contribution in [0.5, 0.6) is 0 Å². The van der Waals surface area contributed by atoms with Gasteiger partial charge in [0.2, 0.25) is 0 Å². The van der Waals surface area contributed by atoms with Crippen LogP contribution in [0.25, 0.3) is 0 Å². The Hall–Kier alpha value is -3.17. The van der Waals surface area contributed by atoms with Gasteiger partial charge >= 0.3 is 6.09 Å². The molecule has 142 valence electrons. The molecule has 0 saturated heterocycles. The SMILES string of the molecule is COCCOC(=O)Nc1cccc(NC(=O)c2ccc(Cl)cc2[N+](=O)[O-])c1. The van der Waals surface area contributed by atoms with Gasteiger partial charge in [0.15, 0.2) is 0 Å². The van der Waals surface area contributed by atoms with Gasteiger partial charge in [-0.2, -0.15) is 0 Å². The number of ether oxygens (including phenoxy) is 2. The summed E-state index contributed by atoms with van der Waals surface area (Å²) in [6, 6.07) is 10.00. The fourth-order valence-corrected chi connectivity index (χ4v) is 2.26. The molecular weight excluding hydrogens is 378 g/mol. The normalized spacial score (nSPS) is 10.1. The minimum absolute atomic E-state index is 0.0962. The second kappa shape index (κ2) is 9.51. The highest BCUT2D eigenvalue weighted by molar-refractivity contribution is 6.31. The lowest BCUT2D eigenvalue weighted by Gasteiger charge is -2.09. The fraction of sp³-hybridized carbons (Fsp3) is 0.176. The van der Waals surface area contributed by atoms with E-state index in [0.717, 1.165) is 6.07 Å². The zero-order valence-corrected chi connectivity index (χ0v) is 15.0. The Labute approximate surface area is 159 Å². The Bertz CT molecular complexity index is 858. The first kappa shape index (κ1) is 20.1. The van der Waals surface area contributed by atoms with Crippen LogP contribution in [0.1, 0.15) is 10.4 Å². The maximum atomic E-state index is 12.4. The van der Waals surface area contributed by atoms with E-state index in [1.165, 1.54) is 25.3 Å². The summed E-state index contributed by atoms with van der Waals surface area (Å²) >= 11 is 5.74.